The summed E-state index contributed by atoms with van der Waals surface area (Å²) in [5, 5.41) is 4.92. The van der Waals surface area contributed by atoms with Gasteiger partial charge < -0.3 is 4.74 Å². The molecule has 0 aliphatic carbocycles. The number of rotatable bonds is 9. The van der Waals surface area contributed by atoms with Gasteiger partial charge in [0.15, 0.2) is 0 Å². The Morgan fingerprint density at radius 1 is 0.900 bits per heavy atom. The van der Waals surface area contributed by atoms with Crippen LogP contribution < -0.4 is 10.3 Å². The van der Waals surface area contributed by atoms with Crippen LogP contribution in [0.5, 0.6) is 0 Å². The second-order valence-electron chi connectivity index (χ2n) is 9.02. The minimum Gasteiger partial charge on any atom is -0.465 e. The van der Waals surface area contributed by atoms with E-state index in [-0.39, 0.29) is 16.6 Å². The smallest absolute Gasteiger partial charge is 0.337 e. The molecule has 0 aliphatic heterocycles. The van der Waals surface area contributed by atoms with Gasteiger partial charge in [-0.15, -0.1) is 0 Å². The van der Waals surface area contributed by atoms with Gasteiger partial charge in [0.2, 0.25) is 0 Å². The molecule has 5 rings (SSSR count). The summed E-state index contributed by atoms with van der Waals surface area (Å²) < 4.78 is 6.27. The lowest BCUT2D eigenvalue weighted by atomic mass is 9.77. The number of nitrogens with one attached hydrogen (secondary N) is 1. The molecule has 5 aromatic rings. The maximum absolute atomic E-state index is 12.9. The fourth-order valence-corrected chi connectivity index (χ4v) is 5.77. The molecular weight excluding hydrogens is 542 g/mol. The maximum atomic E-state index is 12.9. The number of thiazole rings is 1. The molecule has 0 aliphatic rings. The Morgan fingerprint density at radius 3 is 1.98 bits per heavy atom. The Kier molecular flexibility index (Phi) is 8.24. The van der Waals surface area contributed by atoms with E-state index in [1.165, 1.54) is 11.7 Å². The van der Waals surface area contributed by atoms with Crippen molar-refractivity contribution in [2.45, 2.75) is 12.1 Å². The SMILES string of the molecule is COC(=O)c1cccc(Cn2c(Cl)c(C=NNC(c3ccccc3)(c3ccccc3)c3ccccc3)sc2=O)c1. The predicted molar refractivity (Wildman–Crippen MR) is 160 cm³/mol. The van der Waals surface area contributed by atoms with Crippen molar-refractivity contribution in [2.75, 3.05) is 7.11 Å². The number of nitrogens with zero attached hydrogens (tertiary/aromatic N) is 2. The number of esters is 1. The van der Waals surface area contributed by atoms with E-state index in [2.05, 4.69) is 46.9 Å². The quantitative estimate of drug-likeness (QED) is 0.0980. The number of hydrogen-bond donors (Lipinski definition) is 1. The highest BCUT2D eigenvalue weighted by molar-refractivity contribution is 7.11. The lowest BCUT2D eigenvalue weighted by Gasteiger charge is -2.35. The fraction of sp³-hybridized carbons (Fsp3) is 0.0938. The number of ether oxygens (including phenoxy) is 1. The van der Waals surface area contributed by atoms with Crippen molar-refractivity contribution in [1.82, 2.24) is 9.99 Å². The zero-order valence-corrected chi connectivity index (χ0v) is 23.2. The molecule has 1 N–H and O–H groups in total. The van der Waals surface area contributed by atoms with Gasteiger partial charge >= 0.3 is 10.8 Å². The molecule has 0 atom stereocenters. The summed E-state index contributed by atoms with van der Waals surface area (Å²) in [6.45, 7) is 0.211. The van der Waals surface area contributed by atoms with Gasteiger partial charge in [-0.3, -0.25) is 14.8 Å². The van der Waals surface area contributed by atoms with Crippen LogP contribution in [0, 0.1) is 0 Å². The fourth-order valence-electron chi connectivity index (χ4n) is 4.66. The number of carbonyl (C=O) groups excluding carboxylic acids is 1. The molecule has 1 aromatic heterocycles. The minimum atomic E-state index is -0.797. The molecule has 40 heavy (non-hydrogen) atoms. The summed E-state index contributed by atoms with van der Waals surface area (Å²) in [6, 6.07) is 37.2. The third-order valence-corrected chi connectivity index (χ3v) is 8.01. The van der Waals surface area contributed by atoms with E-state index in [0.29, 0.717) is 10.4 Å². The average molecular weight is 568 g/mol. The summed E-state index contributed by atoms with van der Waals surface area (Å²) in [5.74, 6) is -0.441. The minimum absolute atomic E-state index is 0.211. The number of halogens is 1. The Balaban J connectivity index is 1.51. The van der Waals surface area contributed by atoms with E-state index in [1.807, 2.05) is 60.7 Å². The van der Waals surface area contributed by atoms with Crippen molar-refractivity contribution < 1.29 is 9.53 Å². The molecular formula is C32H26ClN3O3S. The second kappa shape index (κ2) is 12.2. The van der Waals surface area contributed by atoms with Gasteiger partial charge in [-0.05, 0) is 34.4 Å². The molecule has 1 heterocycles. The first kappa shape index (κ1) is 27.1. The summed E-state index contributed by atoms with van der Waals surface area (Å²) in [7, 11) is 1.33. The van der Waals surface area contributed by atoms with Gasteiger partial charge in [0.05, 0.1) is 30.3 Å². The summed E-state index contributed by atoms with van der Waals surface area (Å²) in [6.07, 6.45) is 1.58. The van der Waals surface area contributed by atoms with Crippen molar-refractivity contribution in [2.24, 2.45) is 5.10 Å². The first-order valence-corrected chi connectivity index (χ1v) is 13.8. The highest BCUT2D eigenvalue weighted by Gasteiger charge is 2.36. The van der Waals surface area contributed by atoms with Crippen LogP contribution in [-0.4, -0.2) is 23.9 Å². The third-order valence-electron chi connectivity index (χ3n) is 6.58. The number of methoxy groups -OCH3 is 1. The van der Waals surface area contributed by atoms with Crippen molar-refractivity contribution in [3.05, 3.63) is 163 Å². The third kappa shape index (κ3) is 5.47. The standard InChI is InChI=1S/C32H26ClN3O3S/c1-39-30(37)24-13-11-12-23(20-24)22-36-29(33)28(40-31(36)38)21-34-35-32(25-14-5-2-6-15-25,26-16-7-3-8-17-26)27-18-9-4-10-19-27/h2-21,35H,22H2,1H3. The van der Waals surface area contributed by atoms with E-state index in [0.717, 1.165) is 33.6 Å². The van der Waals surface area contributed by atoms with Crippen LogP contribution in [0.3, 0.4) is 0 Å². The van der Waals surface area contributed by atoms with Gasteiger partial charge in [-0.2, -0.15) is 5.10 Å². The van der Waals surface area contributed by atoms with Crippen LogP contribution in [-0.2, 0) is 16.8 Å². The van der Waals surface area contributed by atoms with Crippen molar-refractivity contribution >= 4 is 35.1 Å². The van der Waals surface area contributed by atoms with E-state index in [1.54, 1.807) is 24.4 Å². The van der Waals surface area contributed by atoms with Gasteiger partial charge in [-0.1, -0.05) is 126 Å². The van der Waals surface area contributed by atoms with Crippen molar-refractivity contribution in [1.29, 1.82) is 0 Å². The molecule has 0 saturated carbocycles. The Labute approximate surface area is 241 Å². The summed E-state index contributed by atoms with van der Waals surface area (Å²) in [5.41, 5.74) is 6.80. The Morgan fingerprint density at radius 2 is 1.45 bits per heavy atom. The first-order chi connectivity index (χ1) is 19.5. The summed E-state index contributed by atoms with van der Waals surface area (Å²) >= 11 is 7.68. The van der Waals surface area contributed by atoms with Gasteiger partial charge in [-0.25, -0.2) is 4.79 Å². The zero-order chi connectivity index (χ0) is 28.0. The van der Waals surface area contributed by atoms with Crippen molar-refractivity contribution in [3.63, 3.8) is 0 Å². The number of carbonyl (C=O) groups is 1. The highest BCUT2D eigenvalue weighted by Crippen LogP contribution is 2.36. The molecule has 0 saturated heterocycles. The predicted octanol–water partition coefficient (Wildman–Crippen LogP) is 6.31. The zero-order valence-electron chi connectivity index (χ0n) is 21.7. The lowest BCUT2D eigenvalue weighted by molar-refractivity contribution is 0.0600. The van der Waals surface area contributed by atoms with Crippen LogP contribution in [0.15, 0.2) is 125 Å². The number of aromatic nitrogens is 1. The van der Waals surface area contributed by atoms with Crippen LogP contribution >= 0.6 is 22.9 Å². The van der Waals surface area contributed by atoms with Crippen LogP contribution in [0.25, 0.3) is 0 Å². The first-order valence-electron chi connectivity index (χ1n) is 12.6. The molecule has 200 valence electrons. The Hall–Kier alpha value is -4.46. The molecule has 0 fully saturated rings. The largest absolute Gasteiger partial charge is 0.465 e. The Bertz CT molecular complexity index is 1590. The van der Waals surface area contributed by atoms with E-state index in [9.17, 15) is 9.59 Å². The molecule has 8 heteroatoms. The van der Waals surface area contributed by atoms with Crippen LogP contribution in [0.1, 0.15) is 37.5 Å². The van der Waals surface area contributed by atoms with E-state index < -0.39 is 11.5 Å². The maximum Gasteiger partial charge on any atom is 0.337 e. The normalized spacial score (nSPS) is 11.4. The molecule has 0 spiro atoms. The average Bonchev–Trinajstić information content (AvgIpc) is 3.28. The molecule has 0 radical (unpaired) electrons. The second-order valence-corrected chi connectivity index (χ2v) is 10.4. The summed E-state index contributed by atoms with van der Waals surface area (Å²) in [4.78, 5) is 25.1. The molecule has 0 unspecified atom stereocenters. The topological polar surface area (TPSA) is 72.7 Å². The van der Waals surface area contributed by atoms with E-state index in [4.69, 9.17) is 16.3 Å². The van der Waals surface area contributed by atoms with E-state index >= 15 is 0 Å². The van der Waals surface area contributed by atoms with Crippen LogP contribution in [0.4, 0.5) is 0 Å². The highest BCUT2D eigenvalue weighted by atomic mass is 35.5. The number of hydrazone groups is 1. The number of hydrogen-bond acceptors (Lipinski definition) is 6. The molecule has 4 aromatic carbocycles. The van der Waals surface area contributed by atoms with Gasteiger partial charge in [0.1, 0.15) is 10.7 Å². The molecule has 0 amide bonds. The monoisotopic (exact) mass is 567 g/mol. The van der Waals surface area contributed by atoms with Gasteiger partial charge in [0, 0.05) is 0 Å². The van der Waals surface area contributed by atoms with Crippen LogP contribution in [0.2, 0.25) is 5.15 Å². The lowest BCUT2D eigenvalue weighted by Crippen LogP contribution is -2.41. The van der Waals surface area contributed by atoms with Gasteiger partial charge in [0.25, 0.3) is 0 Å². The molecule has 6 nitrogen and oxygen atoms in total. The number of benzene rings is 4. The van der Waals surface area contributed by atoms with Crippen molar-refractivity contribution in [3.8, 4) is 0 Å². The molecule has 0 bridgehead atoms.